The van der Waals surface area contributed by atoms with Gasteiger partial charge in [-0.15, -0.1) is 12.4 Å². The summed E-state index contributed by atoms with van der Waals surface area (Å²) >= 11 is 12.1. The highest BCUT2D eigenvalue weighted by atomic mass is 35.5. The second-order valence-corrected chi connectivity index (χ2v) is 5.90. The van der Waals surface area contributed by atoms with Crippen molar-refractivity contribution in [1.82, 2.24) is 4.90 Å². The lowest BCUT2D eigenvalue weighted by atomic mass is 10.1. The zero-order valence-corrected chi connectivity index (χ0v) is 13.8. The lowest BCUT2D eigenvalue weighted by Crippen LogP contribution is -2.32. The topological polar surface area (TPSA) is 38.5 Å². The van der Waals surface area contributed by atoms with Crippen molar-refractivity contribution in [3.05, 3.63) is 28.2 Å². The van der Waals surface area contributed by atoms with Crippen molar-refractivity contribution >= 4 is 35.6 Å². The van der Waals surface area contributed by atoms with E-state index in [1.165, 1.54) is 6.42 Å². The van der Waals surface area contributed by atoms with Crippen LogP contribution in [-0.4, -0.2) is 37.2 Å². The molecule has 0 radical (unpaired) electrons. The molecule has 0 bridgehead atoms. The summed E-state index contributed by atoms with van der Waals surface area (Å²) in [6.45, 7) is 5.51. The van der Waals surface area contributed by atoms with Gasteiger partial charge in [0.1, 0.15) is 6.61 Å². The van der Waals surface area contributed by atoms with Crippen molar-refractivity contribution in [1.29, 1.82) is 0 Å². The molecule has 20 heavy (non-hydrogen) atoms. The molecule has 114 valence electrons. The quantitative estimate of drug-likeness (QED) is 0.893. The molecule has 2 atom stereocenters. The number of halogens is 3. The predicted molar refractivity (Wildman–Crippen MR) is 87.4 cm³/mol. The SMILES string of the molecule is CC1CC(CN)CN1CCOc1c(Cl)cccc1Cl.Cl. The van der Waals surface area contributed by atoms with E-state index < -0.39 is 0 Å². The number of rotatable bonds is 5. The first-order chi connectivity index (χ1) is 9.11. The van der Waals surface area contributed by atoms with Gasteiger partial charge < -0.3 is 10.5 Å². The molecule has 1 aromatic carbocycles. The minimum Gasteiger partial charge on any atom is -0.489 e. The van der Waals surface area contributed by atoms with E-state index in [9.17, 15) is 0 Å². The summed E-state index contributed by atoms with van der Waals surface area (Å²) < 4.78 is 5.71. The summed E-state index contributed by atoms with van der Waals surface area (Å²) in [5.41, 5.74) is 5.72. The third-order valence-electron chi connectivity index (χ3n) is 3.67. The number of nitrogens with two attached hydrogens (primary N) is 1. The van der Waals surface area contributed by atoms with Crippen LogP contribution >= 0.6 is 35.6 Å². The fourth-order valence-corrected chi connectivity index (χ4v) is 3.09. The third kappa shape index (κ3) is 4.40. The monoisotopic (exact) mass is 338 g/mol. The van der Waals surface area contributed by atoms with Gasteiger partial charge in [-0.3, -0.25) is 4.90 Å². The van der Waals surface area contributed by atoms with Gasteiger partial charge in [0.15, 0.2) is 5.75 Å². The van der Waals surface area contributed by atoms with Gasteiger partial charge in [-0.2, -0.15) is 0 Å². The van der Waals surface area contributed by atoms with Crippen LogP contribution in [0, 0.1) is 5.92 Å². The maximum atomic E-state index is 6.06. The van der Waals surface area contributed by atoms with Gasteiger partial charge in [-0.05, 0) is 37.9 Å². The van der Waals surface area contributed by atoms with E-state index in [-0.39, 0.29) is 12.4 Å². The first-order valence-electron chi connectivity index (χ1n) is 6.62. The molecule has 2 unspecified atom stereocenters. The van der Waals surface area contributed by atoms with Crippen LogP contribution in [0.2, 0.25) is 10.0 Å². The molecule has 1 aromatic rings. The summed E-state index contributed by atoms with van der Waals surface area (Å²) in [6, 6.07) is 5.95. The molecular formula is C14H21Cl3N2O. The van der Waals surface area contributed by atoms with E-state index in [0.29, 0.717) is 34.4 Å². The molecule has 1 saturated heterocycles. The van der Waals surface area contributed by atoms with Gasteiger partial charge in [0.25, 0.3) is 0 Å². The number of nitrogens with zero attached hydrogens (tertiary/aromatic N) is 1. The number of ether oxygens (including phenoxy) is 1. The van der Waals surface area contributed by atoms with Gasteiger partial charge in [-0.25, -0.2) is 0 Å². The van der Waals surface area contributed by atoms with Crippen LogP contribution < -0.4 is 10.5 Å². The fraction of sp³-hybridized carbons (Fsp3) is 0.571. The van der Waals surface area contributed by atoms with Crippen LogP contribution in [0.25, 0.3) is 0 Å². The molecule has 2 N–H and O–H groups in total. The number of benzene rings is 1. The highest BCUT2D eigenvalue weighted by Gasteiger charge is 2.27. The maximum Gasteiger partial charge on any atom is 0.156 e. The van der Waals surface area contributed by atoms with E-state index in [1.807, 2.05) is 6.07 Å². The number of hydrogen-bond donors (Lipinski definition) is 1. The lowest BCUT2D eigenvalue weighted by molar-refractivity contribution is 0.202. The lowest BCUT2D eigenvalue weighted by Gasteiger charge is -2.21. The van der Waals surface area contributed by atoms with Crippen molar-refractivity contribution in [3.63, 3.8) is 0 Å². The Morgan fingerprint density at radius 1 is 1.35 bits per heavy atom. The summed E-state index contributed by atoms with van der Waals surface area (Å²) in [4.78, 5) is 2.41. The van der Waals surface area contributed by atoms with Crippen molar-refractivity contribution in [2.45, 2.75) is 19.4 Å². The number of likely N-dealkylation sites (tertiary alicyclic amines) is 1. The Bertz CT molecular complexity index is 411. The summed E-state index contributed by atoms with van der Waals surface area (Å²) in [5, 5.41) is 1.11. The molecule has 1 aliphatic heterocycles. The molecule has 2 rings (SSSR count). The molecular weight excluding hydrogens is 319 g/mol. The van der Waals surface area contributed by atoms with Gasteiger partial charge in [0.05, 0.1) is 10.0 Å². The molecule has 0 saturated carbocycles. The van der Waals surface area contributed by atoms with Crippen LogP contribution in [0.4, 0.5) is 0 Å². The van der Waals surface area contributed by atoms with Gasteiger partial charge >= 0.3 is 0 Å². The van der Waals surface area contributed by atoms with Crippen molar-refractivity contribution < 1.29 is 4.74 Å². The van der Waals surface area contributed by atoms with Crippen molar-refractivity contribution in [3.8, 4) is 5.75 Å². The molecule has 3 nitrogen and oxygen atoms in total. The van der Waals surface area contributed by atoms with Crippen molar-refractivity contribution in [2.75, 3.05) is 26.2 Å². The summed E-state index contributed by atoms with van der Waals surface area (Å²) in [5.74, 6) is 1.19. The number of para-hydroxylation sites is 1. The molecule has 1 fully saturated rings. The fourth-order valence-electron chi connectivity index (χ4n) is 2.59. The van der Waals surface area contributed by atoms with Crippen molar-refractivity contribution in [2.24, 2.45) is 11.7 Å². The average molecular weight is 340 g/mol. The zero-order chi connectivity index (χ0) is 13.8. The highest BCUT2D eigenvalue weighted by Crippen LogP contribution is 2.32. The smallest absolute Gasteiger partial charge is 0.156 e. The second-order valence-electron chi connectivity index (χ2n) is 5.08. The van der Waals surface area contributed by atoms with Crippen LogP contribution in [0.1, 0.15) is 13.3 Å². The Morgan fingerprint density at radius 3 is 2.55 bits per heavy atom. The minimum atomic E-state index is 0. The van der Waals surface area contributed by atoms with Crippen LogP contribution in [0.15, 0.2) is 18.2 Å². The van der Waals surface area contributed by atoms with Crippen LogP contribution in [0.3, 0.4) is 0 Å². The molecule has 0 spiro atoms. The molecule has 1 aliphatic rings. The van der Waals surface area contributed by atoms with Crippen LogP contribution in [0.5, 0.6) is 5.75 Å². The largest absolute Gasteiger partial charge is 0.489 e. The predicted octanol–water partition coefficient (Wildman–Crippen LogP) is 3.46. The Labute approximate surface area is 136 Å². The zero-order valence-electron chi connectivity index (χ0n) is 11.5. The molecule has 0 aromatic heterocycles. The molecule has 0 amide bonds. The first-order valence-corrected chi connectivity index (χ1v) is 7.38. The normalized spacial score (nSPS) is 22.6. The van der Waals surface area contributed by atoms with E-state index in [4.69, 9.17) is 33.7 Å². The first kappa shape index (κ1) is 17.9. The van der Waals surface area contributed by atoms with Crippen LogP contribution in [-0.2, 0) is 0 Å². The Balaban J connectivity index is 0.00000200. The molecule has 0 aliphatic carbocycles. The van der Waals surface area contributed by atoms with E-state index >= 15 is 0 Å². The standard InChI is InChI=1S/C14H20Cl2N2O.ClH/c1-10-7-11(8-17)9-18(10)5-6-19-14-12(15)3-2-4-13(14)16;/h2-4,10-11H,5-9,17H2,1H3;1H. The van der Waals surface area contributed by atoms with Gasteiger partial charge in [0.2, 0.25) is 0 Å². The maximum absolute atomic E-state index is 6.06. The third-order valence-corrected chi connectivity index (χ3v) is 4.26. The Morgan fingerprint density at radius 2 is 2.00 bits per heavy atom. The van der Waals surface area contributed by atoms with Gasteiger partial charge in [0, 0.05) is 19.1 Å². The second kappa shape index (κ2) is 8.30. The summed E-state index contributed by atoms with van der Waals surface area (Å²) in [6.07, 6.45) is 1.17. The number of hydrogen-bond acceptors (Lipinski definition) is 3. The Kier molecular flexibility index (Phi) is 7.41. The van der Waals surface area contributed by atoms with E-state index in [1.54, 1.807) is 12.1 Å². The van der Waals surface area contributed by atoms with Gasteiger partial charge in [-0.1, -0.05) is 29.3 Å². The van der Waals surface area contributed by atoms with E-state index in [2.05, 4.69) is 11.8 Å². The average Bonchev–Trinajstić information content (AvgIpc) is 2.74. The van der Waals surface area contributed by atoms with E-state index in [0.717, 1.165) is 19.6 Å². The molecule has 1 heterocycles. The highest BCUT2D eigenvalue weighted by molar-refractivity contribution is 6.37. The Hall–Kier alpha value is -0.190. The minimum absolute atomic E-state index is 0. The molecule has 6 heteroatoms. The summed E-state index contributed by atoms with van der Waals surface area (Å²) in [7, 11) is 0.